The summed E-state index contributed by atoms with van der Waals surface area (Å²) in [6, 6.07) is 0. The second-order valence-corrected chi connectivity index (χ2v) is 7.91. The molecule has 2 aliphatic rings. The fourth-order valence-corrected chi connectivity index (χ4v) is 4.19. The van der Waals surface area contributed by atoms with Crippen LogP contribution in [0.4, 0.5) is 0 Å². The maximum atomic E-state index is 12.5. The SMILES string of the molecule is Cn1cc(CCC(=O)N2CCC(c3nccn3CC3CCC3)CC2)cn1. The van der Waals surface area contributed by atoms with Crippen LogP contribution in [0.3, 0.4) is 0 Å². The van der Waals surface area contributed by atoms with Crippen molar-refractivity contribution in [2.45, 2.75) is 57.4 Å². The first kappa shape index (κ1) is 17.3. The number of carbonyl (C=O) groups is 1. The van der Waals surface area contributed by atoms with E-state index in [2.05, 4.69) is 20.8 Å². The Labute approximate surface area is 155 Å². The number of hydrogen-bond donors (Lipinski definition) is 0. The Bertz CT molecular complexity index is 737. The Morgan fingerprint density at radius 2 is 2.04 bits per heavy atom. The minimum Gasteiger partial charge on any atom is -0.343 e. The van der Waals surface area contributed by atoms with Gasteiger partial charge in [0.15, 0.2) is 0 Å². The molecule has 0 bridgehead atoms. The lowest BCUT2D eigenvalue weighted by atomic mass is 9.85. The van der Waals surface area contributed by atoms with Crippen molar-refractivity contribution < 1.29 is 4.79 Å². The number of hydrogen-bond acceptors (Lipinski definition) is 3. The van der Waals surface area contributed by atoms with Crippen LogP contribution in [0.1, 0.15) is 55.8 Å². The van der Waals surface area contributed by atoms with E-state index in [1.807, 2.05) is 30.5 Å². The smallest absolute Gasteiger partial charge is 0.222 e. The highest BCUT2D eigenvalue weighted by Gasteiger charge is 2.27. The van der Waals surface area contributed by atoms with Crippen LogP contribution < -0.4 is 0 Å². The average Bonchev–Trinajstić information content (AvgIpc) is 3.25. The van der Waals surface area contributed by atoms with Gasteiger partial charge < -0.3 is 9.47 Å². The summed E-state index contributed by atoms with van der Waals surface area (Å²) in [5, 5.41) is 4.17. The molecule has 2 aromatic rings. The fourth-order valence-electron chi connectivity index (χ4n) is 4.19. The number of likely N-dealkylation sites (tertiary alicyclic amines) is 1. The van der Waals surface area contributed by atoms with Crippen LogP contribution >= 0.6 is 0 Å². The zero-order valence-electron chi connectivity index (χ0n) is 15.7. The van der Waals surface area contributed by atoms with Crippen LogP contribution in [0.2, 0.25) is 0 Å². The van der Waals surface area contributed by atoms with Gasteiger partial charge in [-0.3, -0.25) is 9.48 Å². The Hall–Kier alpha value is -2.11. The molecule has 2 aromatic heterocycles. The minimum atomic E-state index is 0.269. The molecule has 3 heterocycles. The van der Waals surface area contributed by atoms with Crippen LogP contribution in [0, 0.1) is 5.92 Å². The predicted octanol–water partition coefficient (Wildman–Crippen LogP) is 2.76. The summed E-state index contributed by atoms with van der Waals surface area (Å²) in [6.45, 7) is 2.83. The van der Waals surface area contributed by atoms with Crippen molar-refractivity contribution in [3.05, 3.63) is 36.2 Å². The highest BCUT2D eigenvalue weighted by atomic mass is 16.2. The van der Waals surface area contributed by atoms with Crippen LogP contribution in [0.5, 0.6) is 0 Å². The lowest BCUT2D eigenvalue weighted by Crippen LogP contribution is -2.38. The molecular weight excluding hydrogens is 326 g/mol. The molecule has 0 aromatic carbocycles. The number of imidazole rings is 1. The quantitative estimate of drug-likeness (QED) is 0.801. The van der Waals surface area contributed by atoms with Crippen LogP contribution in [-0.4, -0.2) is 43.2 Å². The van der Waals surface area contributed by atoms with Gasteiger partial charge in [0, 0.05) is 57.6 Å². The van der Waals surface area contributed by atoms with Crippen molar-refractivity contribution in [1.29, 1.82) is 0 Å². The summed E-state index contributed by atoms with van der Waals surface area (Å²) in [5.74, 6) is 2.84. The third-order valence-corrected chi connectivity index (χ3v) is 6.03. The van der Waals surface area contributed by atoms with E-state index in [4.69, 9.17) is 0 Å². The summed E-state index contributed by atoms with van der Waals surface area (Å²) < 4.78 is 4.16. The van der Waals surface area contributed by atoms with E-state index in [0.29, 0.717) is 12.3 Å². The molecule has 6 nitrogen and oxygen atoms in total. The van der Waals surface area contributed by atoms with Crippen LogP contribution in [-0.2, 0) is 24.8 Å². The predicted molar refractivity (Wildman–Crippen MR) is 99.7 cm³/mol. The molecule has 6 heteroatoms. The molecule has 2 fully saturated rings. The van der Waals surface area contributed by atoms with Gasteiger partial charge in [-0.05, 0) is 43.6 Å². The number of rotatable bonds is 6. The van der Waals surface area contributed by atoms with E-state index in [9.17, 15) is 4.79 Å². The van der Waals surface area contributed by atoms with Crippen LogP contribution in [0.15, 0.2) is 24.8 Å². The van der Waals surface area contributed by atoms with Gasteiger partial charge in [0.05, 0.1) is 6.20 Å². The molecule has 140 valence electrons. The summed E-state index contributed by atoms with van der Waals surface area (Å²) in [6.07, 6.45) is 15.4. The van der Waals surface area contributed by atoms with E-state index >= 15 is 0 Å². The highest BCUT2D eigenvalue weighted by molar-refractivity contribution is 5.76. The first-order valence-corrected chi connectivity index (χ1v) is 9.95. The number of piperidine rings is 1. The molecule has 1 saturated carbocycles. The van der Waals surface area contributed by atoms with Crippen molar-refractivity contribution >= 4 is 5.91 Å². The normalized spacial score (nSPS) is 18.9. The largest absolute Gasteiger partial charge is 0.343 e. The van der Waals surface area contributed by atoms with Gasteiger partial charge in [0.1, 0.15) is 5.82 Å². The molecule has 1 amide bonds. The molecule has 0 spiro atoms. The molecule has 0 unspecified atom stereocenters. The van der Waals surface area contributed by atoms with E-state index in [1.54, 1.807) is 4.68 Å². The molecular formula is C20H29N5O. The molecule has 0 radical (unpaired) electrons. The maximum absolute atomic E-state index is 12.5. The lowest BCUT2D eigenvalue weighted by molar-refractivity contribution is -0.132. The Kier molecular flexibility index (Phi) is 5.09. The number of aromatic nitrogens is 4. The second-order valence-electron chi connectivity index (χ2n) is 7.91. The fraction of sp³-hybridized carbons (Fsp3) is 0.650. The van der Waals surface area contributed by atoms with Gasteiger partial charge in [0.25, 0.3) is 0 Å². The van der Waals surface area contributed by atoms with Gasteiger partial charge in [-0.1, -0.05) is 6.42 Å². The summed E-state index contributed by atoms with van der Waals surface area (Å²) >= 11 is 0. The van der Waals surface area contributed by atoms with Crippen molar-refractivity contribution in [1.82, 2.24) is 24.2 Å². The molecule has 1 aliphatic heterocycles. The summed E-state index contributed by atoms with van der Waals surface area (Å²) in [4.78, 5) is 19.2. The van der Waals surface area contributed by atoms with E-state index in [-0.39, 0.29) is 5.91 Å². The molecule has 0 N–H and O–H groups in total. The number of amides is 1. The van der Waals surface area contributed by atoms with Gasteiger partial charge in [-0.2, -0.15) is 5.10 Å². The Morgan fingerprint density at radius 3 is 2.69 bits per heavy atom. The third-order valence-electron chi connectivity index (χ3n) is 6.03. The Balaban J connectivity index is 1.27. The molecule has 1 saturated heterocycles. The third kappa shape index (κ3) is 3.84. The van der Waals surface area contributed by atoms with Crippen molar-refractivity contribution in [2.24, 2.45) is 13.0 Å². The molecule has 4 rings (SSSR count). The first-order valence-electron chi connectivity index (χ1n) is 9.95. The highest BCUT2D eigenvalue weighted by Crippen LogP contribution is 2.31. The van der Waals surface area contributed by atoms with E-state index in [1.165, 1.54) is 25.1 Å². The Morgan fingerprint density at radius 1 is 1.23 bits per heavy atom. The monoisotopic (exact) mass is 355 g/mol. The number of carbonyl (C=O) groups excluding carboxylic acids is 1. The molecule has 1 aliphatic carbocycles. The average molecular weight is 355 g/mol. The number of nitrogens with zero attached hydrogens (tertiary/aromatic N) is 5. The van der Waals surface area contributed by atoms with Gasteiger partial charge in [0.2, 0.25) is 5.91 Å². The molecule has 26 heavy (non-hydrogen) atoms. The van der Waals surface area contributed by atoms with Crippen molar-refractivity contribution in [2.75, 3.05) is 13.1 Å². The van der Waals surface area contributed by atoms with E-state index in [0.717, 1.165) is 50.4 Å². The topological polar surface area (TPSA) is 56.0 Å². The minimum absolute atomic E-state index is 0.269. The van der Waals surface area contributed by atoms with Crippen LogP contribution in [0.25, 0.3) is 0 Å². The standard InChI is InChI=1S/C20H29N5O/c1-23-14-17(13-22-23)5-6-19(26)24-10-7-18(8-11-24)20-21-9-12-25(20)15-16-3-2-4-16/h9,12-14,16,18H,2-8,10-11,15H2,1H3. The van der Waals surface area contributed by atoms with Gasteiger partial charge >= 0.3 is 0 Å². The van der Waals surface area contributed by atoms with Gasteiger partial charge in [-0.15, -0.1) is 0 Å². The zero-order chi connectivity index (χ0) is 17.9. The number of aryl methyl sites for hydroxylation is 2. The zero-order valence-corrected chi connectivity index (χ0v) is 15.7. The van der Waals surface area contributed by atoms with E-state index < -0.39 is 0 Å². The van der Waals surface area contributed by atoms with Gasteiger partial charge in [-0.25, -0.2) is 4.98 Å². The maximum Gasteiger partial charge on any atom is 0.222 e. The first-order chi connectivity index (χ1) is 12.7. The second kappa shape index (κ2) is 7.64. The summed E-state index contributed by atoms with van der Waals surface area (Å²) in [7, 11) is 1.91. The van der Waals surface area contributed by atoms with Crippen molar-refractivity contribution in [3.63, 3.8) is 0 Å². The van der Waals surface area contributed by atoms with Crippen molar-refractivity contribution in [3.8, 4) is 0 Å². The lowest BCUT2D eigenvalue weighted by Gasteiger charge is -2.33. The summed E-state index contributed by atoms with van der Waals surface area (Å²) in [5.41, 5.74) is 1.13. The molecule has 0 atom stereocenters.